The van der Waals surface area contributed by atoms with Crippen LogP contribution in [0.25, 0.3) is 0 Å². The molecule has 1 aromatic rings. The monoisotopic (exact) mass is 336 g/mol. The van der Waals surface area contributed by atoms with Gasteiger partial charge in [-0.3, -0.25) is 19.7 Å². The zero-order valence-corrected chi connectivity index (χ0v) is 14.4. The first-order valence-corrected chi connectivity index (χ1v) is 7.97. The minimum atomic E-state index is -0.973. The fourth-order valence-electron chi connectivity index (χ4n) is 2.36. The quantitative estimate of drug-likeness (QED) is 0.615. The summed E-state index contributed by atoms with van der Waals surface area (Å²) >= 11 is 0. The molecule has 1 aromatic heterocycles. The Hall–Kier alpha value is -2.42. The standard InChI is InChI=1S/C15H24N6O3/c1-5-15(4)13(23)21(14(24)18-15)19-12(22)9-16-10(2)11(3)20-8-6-7-17-20/h6-8,10-11,16H,5,9H2,1-4H3,(H,18,24)(H,19,22)/t10-,11+,15-/m0/s1. The number of amides is 4. The molecule has 1 fully saturated rings. The minimum Gasteiger partial charge on any atom is -0.322 e. The highest BCUT2D eigenvalue weighted by Gasteiger charge is 2.47. The van der Waals surface area contributed by atoms with E-state index in [2.05, 4.69) is 21.2 Å². The smallest absolute Gasteiger partial charge is 0.322 e. The van der Waals surface area contributed by atoms with Gasteiger partial charge in [0, 0.05) is 18.4 Å². The summed E-state index contributed by atoms with van der Waals surface area (Å²) in [7, 11) is 0. The van der Waals surface area contributed by atoms with Crippen molar-refractivity contribution in [2.24, 2.45) is 0 Å². The van der Waals surface area contributed by atoms with Crippen LogP contribution in [0.1, 0.15) is 40.2 Å². The second-order valence-corrected chi connectivity index (χ2v) is 6.19. The van der Waals surface area contributed by atoms with Crippen molar-refractivity contribution in [3.63, 3.8) is 0 Å². The summed E-state index contributed by atoms with van der Waals surface area (Å²) in [6.45, 7) is 7.32. The Bertz CT molecular complexity index is 617. The molecule has 0 spiro atoms. The van der Waals surface area contributed by atoms with Crippen LogP contribution in [0.5, 0.6) is 0 Å². The van der Waals surface area contributed by atoms with Gasteiger partial charge in [-0.25, -0.2) is 4.79 Å². The predicted octanol–water partition coefficient (Wildman–Crippen LogP) is 0.174. The summed E-state index contributed by atoms with van der Waals surface area (Å²) in [5, 5.41) is 10.6. The first kappa shape index (κ1) is 17.9. The number of aromatic nitrogens is 2. The zero-order valence-electron chi connectivity index (χ0n) is 14.4. The van der Waals surface area contributed by atoms with E-state index in [4.69, 9.17) is 0 Å². The van der Waals surface area contributed by atoms with E-state index in [1.807, 2.05) is 26.1 Å². The largest absolute Gasteiger partial charge is 0.344 e. The summed E-state index contributed by atoms with van der Waals surface area (Å²) in [4.78, 5) is 36.1. The number of carbonyl (C=O) groups excluding carboxylic acids is 3. The van der Waals surface area contributed by atoms with Gasteiger partial charge in [0.05, 0.1) is 12.6 Å². The highest BCUT2D eigenvalue weighted by atomic mass is 16.2. The Morgan fingerprint density at radius 3 is 2.67 bits per heavy atom. The Morgan fingerprint density at radius 2 is 2.12 bits per heavy atom. The molecule has 2 heterocycles. The molecule has 9 heteroatoms. The lowest BCUT2D eigenvalue weighted by Gasteiger charge is -2.22. The van der Waals surface area contributed by atoms with Crippen LogP contribution in [-0.2, 0) is 9.59 Å². The first-order valence-electron chi connectivity index (χ1n) is 7.97. The van der Waals surface area contributed by atoms with E-state index in [-0.39, 0.29) is 18.6 Å². The first-order chi connectivity index (χ1) is 11.3. The highest BCUT2D eigenvalue weighted by molar-refractivity contribution is 6.07. The molecule has 3 atom stereocenters. The second kappa shape index (κ2) is 7.00. The molecule has 2 rings (SSSR count). The molecule has 0 aliphatic carbocycles. The van der Waals surface area contributed by atoms with Gasteiger partial charge in [-0.05, 0) is 33.3 Å². The van der Waals surface area contributed by atoms with E-state index in [9.17, 15) is 14.4 Å². The van der Waals surface area contributed by atoms with Gasteiger partial charge >= 0.3 is 6.03 Å². The topological polar surface area (TPSA) is 108 Å². The molecule has 1 aliphatic rings. The second-order valence-electron chi connectivity index (χ2n) is 6.19. The van der Waals surface area contributed by atoms with Crippen molar-refractivity contribution in [1.82, 2.24) is 30.8 Å². The minimum absolute atomic E-state index is 0.0212. The third-order valence-corrected chi connectivity index (χ3v) is 4.45. The highest BCUT2D eigenvalue weighted by Crippen LogP contribution is 2.19. The normalized spacial score (nSPS) is 23.1. The number of nitrogens with one attached hydrogen (secondary N) is 3. The molecule has 4 amide bonds. The summed E-state index contributed by atoms with van der Waals surface area (Å²) in [6.07, 6.45) is 3.99. The van der Waals surface area contributed by atoms with Crippen molar-refractivity contribution < 1.29 is 14.4 Å². The van der Waals surface area contributed by atoms with Crippen LogP contribution in [0.2, 0.25) is 0 Å². The summed E-state index contributed by atoms with van der Waals surface area (Å²) in [5.74, 6) is -0.917. The number of hydrogen-bond donors (Lipinski definition) is 3. The fourth-order valence-corrected chi connectivity index (χ4v) is 2.36. The zero-order chi connectivity index (χ0) is 17.9. The van der Waals surface area contributed by atoms with Crippen molar-refractivity contribution in [3.8, 4) is 0 Å². The van der Waals surface area contributed by atoms with Crippen molar-refractivity contribution in [3.05, 3.63) is 18.5 Å². The Labute approximate surface area is 140 Å². The molecular formula is C15H24N6O3. The van der Waals surface area contributed by atoms with Crippen molar-refractivity contribution in [2.75, 3.05) is 6.54 Å². The van der Waals surface area contributed by atoms with Gasteiger partial charge in [0.15, 0.2) is 0 Å². The van der Waals surface area contributed by atoms with Gasteiger partial charge in [0.2, 0.25) is 0 Å². The van der Waals surface area contributed by atoms with Crippen molar-refractivity contribution in [1.29, 1.82) is 0 Å². The maximum atomic E-state index is 12.2. The van der Waals surface area contributed by atoms with Gasteiger partial charge in [-0.15, -0.1) is 0 Å². The lowest BCUT2D eigenvalue weighted by Crippen LogP contribution is -2.51. The van der Waals surface area contributed by atoms with Crippen LogP contribution in [0.3, 0.4) is 0 Å². The molecule has 0 radical (unpaired) electrons. The number of hydrazine groups is 1. The third kappa shape index (κ3) is 3.56. The molecule has 1 saturated heterocycles. The van der Waals surface area contributed by atoms with Crippen LogP contribution >= 0.6 is 0 Å². The average Bonchev–Trinajstić information content (AvgIpc) is 3.16. The van der Waals surface area contributed by atoms with Crippen LogP contribution < -0.4 is 16.1 Å². The lowest BCUT2D eigenvalue weighted by molar-refractivity contribution is -0.138. The van der Waals surface area contributed by atoms with Gasteiger partial charge in [-0.2, -0.15) is 10.1 Å². The number of hydrogen-bond acceptors (Lipinski definition) is 5. The maximum absolute atomic E-state index is 12.2. The molecule has 132 valence electrons. The van der Waals surface area contributed by atoms with Crippen LogP contribution in [0, 0.1) is 0 Å². The Balaban J connectivity index is 1.85. The fraction of sp³-hybridized carbons (Fsp3) is 0.600. The number of rotatable bonds is 7. The number of urea groups is 1. The molecule has 9 nitrogen and oxygen atoms in total. The van der Waals surface area contributed by atoms with Gasteiger partial charge < -0.3 is 10.6 Å². The summed E-state index contributed by atoms with van der Waals surface area (Å²) in [6, 6.07) is 1.24. The SMILES string of the molecule is CC[C@]1(C)NC(=O)N(NC(=O)CN[C@@H](C)[C@@H](C)n2cccn2)C1=O. The molecule has 0 unspecified atom stereocenters. The maximum Gasteiger partial charge on any atom is 0.344 e. The van der Waals surface area contributed by atoms with Gasteiger partial charge in [-0.1, -0.05) is 6.92 Å². The summed E-state index contributed by atoms with van der Waals surface area (Å²) in [5.41, 5.74) is 1.37. The van der Waals surface area contributed by atoms with Crippen LogP contribution in [0.15, 0.2) is 18.5 Å². The van der Waals surface area contributed by atoms with E-state index < -0.39 is 23.4 Å². The van der Waals surface area contributed by atoms with E-state index in [1.165, 1.54) is 0 Å². The van der Waals surface area contributed by atoms with E-state index in [1.54, 1.807) is 24.7 Å². The molecule has 3 N–H and O–H groups in total. The third-order valence-electron chi connectivity index (χ3n) is 4.45. The number of imide groups is 1. The number of carbonyl (C=O) groups is 3. The molecule has 24 heavy (non-hydrogen) atoms. The van der Waals surface area contributed by atoms with Gasteiger partial charge in [0.1, 0.15) is 5.54 Å². The number of nitrogens with zero attached hydrogens (tertiary/aromatic N) is 3. The molecule has 0 saturated carbocycles. The predicted molar refractivity (Wildman–Crippen MR) is 86.6 cm³/mol. The van der Waals surface area contributed by atoms with E-state index in [0.29, 0.717) is 6.42 Å². The van der Waals surface area contributed by atoms with Gasteiger partial charge in [0.25, 0.3) is 11.8 Å². The molecule has 0 aromatic carbocycles. The van der Waals surface area contributed by atoms with Crippen molar-refractivity contribution >= 4 is 17.8 Å². The Morgan fingerprint density at radius 1 is 1.42 bits per heavy atom. The summed E-state index contributed by atoms with van der Waals surface area (Å²) < 4.78 is 1.79. The lowest BCUT2D eigenvalue weighted by atomic mass is 10.00. The Kier molecular flexibility index (Phi) is 5.23. The molecular weight excluding hydrogens is 312 g/mol. The van der Waals surface area contributed by atoms with Crippen molar-refractivity contribution in [2.45, 2.75) is 51.7 Å². The average molecular weight is 336 g/mol. The van der Waals surface area contributed by atoms with Crippen LogP contribution in [0.4, 0.5) is 4.79 Å². The molecule has 1 aliphatic heterocycles. The molecule has 0 bridgehead atoms. The van der Waals surface area contributed by atoms with E-state index >= 15 is 0 Å². The van der Waals surface area contributed by atoms with E-state index in [0.717, 1.165) is 5.01 Å². The van der Waals surface area contributed by atoms with Crippen LogP contribution in [-0.4, -0.2) is 50.8 Å².